The van der Waals surface area contributed by atoms with Gasteiger partial charge in [-0.05, 0) is 10.8 Å². The fourth-order valence-corrected chi connectivity index (χ4v) is 1.31. The predicted octanol–water partition coefficient (Wildman–Crippen LogP) is 0.468. The van der Waals surface area contributed by atoms with Crippen LogP contribution in [0.3, 0.4) is 0 Å². The first-order valence-corrected chi connectivity index (χ1v) is 3.60. The minimum atomic E-state index is -0.574. The number of esters is 1. The van der Waals surface area contributed by atoms with Gasteiger partial charge in [-0.2, -0.15) is 0 Å². The molecule has 0 bridgehead atoms. The highest BCUT2D eigenvalue weighted by atomic mass is 32.1. The predicted molar refractivity (Wildman–Crippen MR) is 41.0 cm³/mol. The highest BCUT2D eigenvalue weighted by molar-refractivity contribution is 7.21. The van der Waals surface area contributed by atoms with Gasteiger partial charge in [0.2, 0.25) is 0 Å². The summed E-state index contributed by atoms with van der Waals surface area (Å²) in [5.74, 6) is -1.14. The number of methoxy groups -OCH3 is 1. The van der Waals surface area contributed by atoms with Crippen LogP contribution in [0, 0.1) is 5.82 Å². The molecule has 11 heavy (non-hydrogen) atoms. The van der Waals surface area contributed by atoms with Crippen molar-refractivity contribution in [2.24, 2.45) is 0 Å². The van der Waals surface area contributed by atoms with Crippen molar-refractivity contribution in [1.29, 1.82) is 0 Å². The van der Waals surface area contributed by atoms with E-state index < -0.39 is 11.8 Å². The maximum Gasteiger partial charge on any atom is 0.348 e. The minimum Gasteiger partial charge on any atom is -0.465 e. The van der Waals surface area contributed by atoms with Crippen molar-refractivity contribution >= 4 is 29.9 Å². The summed E-state index contributed by atoms with van der Waals surface area (Å²) in [7, 11) is 6.40. The Morgan fingerprint density at radius 1 is 1.82 bits per heavy atom. The lowest BCUT2D eigenvalue weighted by molar-refractivity contribution is 0.0606. The molecule has 2 nitrogen and oxygen atoms in total. The molecule has 1 aromatic rings. The molecule has 0 aliphatic heterocycles. The fourth-order valence-electron chi connectivity index (χ4n) is 0.584. The molecular weight excluding hydrogens is 166 g/mol. The number of hydrogen-bond acceptors (Lipinski definition) is 3. The maximum atomic E-state index is 12.5. The summed E-state index contributed by atoms with van der Waals surface area (Å²) in [4.78, 5) is 10.9. The molecule has 1 rings (SSSR count). The normalized spacial score (nSPS) is 9.64. The quantitative estimate of drug-likeness (QED) is 0.452. The molecule has 0 aliphatic carbocycles. The number of halogens is 1. The molecule has 0 fully saturated rings. The van der Waals surface area contributed by atoms with Gasteiger partial charge in [0.25, 0.3) is 0 Å². The molecule has 0 saturated heterocycles. The highest BCUT2D eigenvalue weighted by Crippen LogP contribution is 2.10. The third kappa shape index (κ3) is 1.60. The van der Waals surface area contributed by atoms with Crippen molar-refractivity contribution in [1.82, 2.24) is 0 Å². The Hall–Kier alpha value is -0.835. The van der Waals surface area contributed by atoms with Crippen LogP contribution in [-0.2, 0) is 4.74 Å². The summed E-state index contributed by atoms with van der Waals surface area (Å²) in [5.41, 5.74) is 0. The van der Waals surface area contributed by atoms with E-state index in [9.17, 15) is 9.18 Å². The molecule has 5 heteroatoms. The fraction of sp³-hybridized carbons (Fsp3) is 0.167. The molecule has 2 radical (unpaired) electrons. The van der Waals surface area contributed by atoms with Crippen molar-refractivity contribution in [3.05, 3.63) is 16.8 Å². The van der Waals surface area contributed by atoms with Gasteiger partial charge < -0.3 is 4.74 Å². The molecule has 0 N–H and O–H groups in total. The number of carbonyl (C=O) groups excluding carboxylic acids is 1. The molecule has 0 amide bonds. The zero-order chi connectivity index (χ0) is 8.43. The molecule has 0 unspecified atom stereocenters. The Morgan fingerprint density at radius 2 is 2.45 bits per heavy atom. The van der Waals surface area contributed by atoms with Gasteiger partial charge in [-0.15, -0.1) is 11.3 Å². The molecule has 1 aromatic heterocycles. The molecule has 0 aromatic carbocycles. The van der Waals surface area contributed by atoms with E-state index in [0.717, 1.165) is 17.4 Å². The van der Waals surface area contributed by atoms with Gasteiger partial charge >= 0.3 is 5.97 Å². The van der Waals surface area contributed by atoms with Gasteiger partial charge in [-0.1, -0.05) is 0 Å². The maximum absolute atomic E-state index is 12.5. The lowest BCUT2D eigenvalue weighted by Crippen LogP contribution is -1.98. The lowest BCUT2D eigenvalue weighted by Gasteiger charge is -1.90. The van der Waals surface area contributed by atoms with Crippen molar-refractivity contribution in [2.45, 2.75) is 0 Å². The zero-order valence-corrected chi connectivity index (χ0v) is 6.57. The van der Waals surface area contributed by atoms with E-state index in [1.807, 2.05) is 0 Å². The minimum absolute atomic E-state index is 0.00500. The number of ether oxygens (including phenoxy) is 1. The van der Waals surface area contributed by atoms with Gasteiger partial charge in [0.05, 0.1) is 7.11 Å². The summed E-state index contributed by atoms with van der Waals surface area (Å²) < 4.78 is 16.9. The second kappa shape index (κ2) is 3.05. The van der Waals surface area contributed by atoms with Crippen molar-refractivity contribution < 1.29 is 13.9 Å². The second-order valence-corrected chi connectivity index (χ2v) is 2.90. The van der Waals surface area contributed by atoms with Crippen molar-refractivity contribution in [3.63, 3.8) is 0 Å². The Morgan fingerprint density at radius 3 is 2.82 bits per heavy atom. The van der Waals surface area contributed by atoms with Crippen molar-refractivity contribution in [3.8, 4) is 0 Å². The molecule has 0 atom stereocenters. The first kappa shape index (κ1) is 8.26. The summed E-state index contributed by atoms with van der Waals surface area (Å²) in [6, 6.07) is 1.06. The van der Waals surface area contributed by atoms with Gasteiger partial charge in [-0.3, -0.25) is 0 Å². The Bertz CT molecular complexity index is 265. The first-order valence-electron chi connectivity index (χ1n) is 2.78. The molecule has 56 valence electrons. The van der Waals surface area contributed by atoms with Gasteiger partial charge in [0.15, 0.2) is 0 Å². The average molecular weight is 170 g/mol. The smallest absolute Gasteiger partial charge is 0.348 e. The first-order chi connectivity index (χ1) is 5.15. The molecule has 0 aliphatic rings. The van der Waals surface area contributed by atoms with Crippen LogP contribution in [0.1, 0.15) is 9.67 Å². The van der Waals surface area contributed by atoms with E-state index >= 15 is 0 Å². The molecular formula is C6H4BFO2S. The third-order valence-corrected chi connectivity index (χ3v) is 2.02. The Kier molecular flexibility index (Phi) is 2.29. The second-order valence-electron chi connectivity index (χ2n) is 1.81. The largest absolute Gasteiger partial charge is 0.465 e. The van der Waals surface area contributed by atoms with Crippen LogP contribution in [0.5, 0.6) is 0 Å². The summed E-state index contributed by atoms with van der Waals surface area (Å²) in [6.07, 6.45) is 0. The van der Waals surface area contributed by atoms with Crippen molar-refractivity contribution in [2.75, 3.05) is 7.11 Å². The van der Waals surface area contributed by atoms with Crippen LogP contribution in [-0.4, -0.2) is 20.9 Å². The lowest BCUT2D eigenvalue weighted by atomic mass is 10.1. The van der Waals surface area contributed by atoms with Crippen LogP contribution in [0.4, 0.5) is 4.39 Å². The van der Waals surface area contributed by atoms with E-state index in [0.29, 0.717) is 0 Å². The number of carbonyl (C=O) groups is 1. The Labute approximate surface area is 68.4 Å². The Balaban J connectivity index is 2.97. The van der Waals surface area contributed by atoms with E-state index in [1.54, 1.807) is 0 Å². The molecule has 0 spiro atoms. The average Bonchev–Trinajstić information content (AvgIpc) is 2.31. The third-order valence-electron chi connectivity index (χ3n) is 1.10. The van der Waals surface area contributed by atoms with Gasteiger partial charge in [-0.25, -0.2) is 9.18 Å². The van der Waals surface area contributed by atoms with Crippen LogP contribution in [0.2, 0.25) is 0 Å². The van der Waals surface area contributed by atoms with Crippen LogP contribution < -0.4 is 4.78 Å². The van der Waals surface area contributed by atoms with Crippen LogP contribution in [0.15, 0.2) is 6.07 Å². The summed E-state index contributed by atoms with van der Waals surface area (Å²) in [6.45, 7) is 0. The van der Waals surface area contributed by atoms with E-state index in [1.165, 1.54) is 7.11 Å². The van der Waals surface area contributed by atoms with E-state index in [-0.39, 0.29) is 9.65 Å². The zero-order valence-electron chi connectivity index (χ0n) is 5.76. The summed E-state index contributed by atoms with van der Waals surface area (Å²) in [5, 5.41) is 0. The van der Waals surface area contributed by atoms with Gasteiger partial charge in [0.1, 0.15) is 18.5 Å². The van der Waals surface area contributed by atoms with E-state index in [2.05, 4.69) is 4.74 Å². The molecule has 0 saturated carbocycles. The summed E-state index contributed by atoms with van der Waals surface area (Å²) >= 11 is 0.875. The number of hydrogen-bond donors (Lipinski definition) is 0. The van der Waals surface area contributed by atoms with Crippen LogP contribution >= 0.6 is 11.3 Å². The number of rotatable bonds is 1. The molecule has 1 heterocycles. The number of thiophene rings is 1. The van der Waals surface area contributed by atoms with E-state index in [4.69, 9.17) is 7.85 Å². The monoisotopic (exact) mass is 170 g/mol. The highest BCUT2D eigenvalue weighted by Gasteiger charge is 2.11. The topological polar surface area (TPSA) is 26.3 Å². The standard InChI is InChI=1S/C6H4BFO2S/c1-10-6(9)4-2-3(8)5(7)11-4/h2H,1H3. The van der Waals surface area contributed by atoms with Crippen LogP contribution in [0.25, 0.3) is 0 Å². The van der Waals surface area contributed by atoms with Gasteiger partial charge in [0, 0.05) is 0 Å². The SMILES string of the molecule is [B]c1sc(C(=O)OC)cc1F.